The zero-order valence-electron chi connectivity index (χ0n) is 5.75. The molecule has 2 heteroatoms. The van der Waals surface area contributed by atoms with E-state index in [2.05, 4.69) is 6.92 Å². The van der Waals surface area contributed by atoms with Crippen molar-refractivity contribution in [3.8, 4) is 0 Å². The number of rotatable bonds is 1. The van der Waals surface area contributed by atoms with Gasteiger partial charge in [0.25, 0.3) is 0 Å². The molecule has 0 heterocycles. The Morgan fingerprint density at radius 2 is 1.67 bits per heavy atom. The Hall–Kier alpha value is -0.0800. The average molecular weight is 130 g/mol. The third kappa shape index (κ3) is 1.43. The second kappa shape index (κ2) is 2.67. The zero-order chi connectivity index (χ0) is 6.85. The summed E-state index contributed by atoms with van der Waals surface area (Å²) in [7, 11) is 0. The highest BCUT2D eigenvalue weighted by Crippen LogP contribution is 2.27. The van der Waals surface area contributed by atoms with Crippen molar-refractivity contribution in [2.24, 2.45) is 5.92 Å². The minimum atomic E-state index is -0.449. The maximum Gasteiger partial charge on any atom is 0.0801 e. The lowest BCUT2D eigenvalue weighted by molar-refractivity contribution is 0.0438. The second-order valence-corrected chi connectivity index (χ2v) is 2.88. The quantitative estimate of drug-likeness (QED) is 0.543. The van der Waals surface area contributed by atoms with Gasteiger partial charge < -0.3 is 10.2 Å². The standard InChI is InChI=1S/C7H14O2/c1-2-5-3-6(8)7(9)4-5/h5-9H,2-4H2,1H3/t6-,7-/m0/s1. The number of hydrogen-bond acceptors (Lipinski definition) is 2. The van der Waals surface area contributed by atoms with Crippen LogP contribution >= 0.6 is 0 Å². The SMILES string of the molecule is CCC1C[C@H](O)[C@@H](O)C1. The summed E-state index contributed by atoms with van der Waals surface area (Å²) in [5.41, 5.74) is 0. The lowest BCUT2D eigenvalue weighted by atomic mass is 10.1. The van der Waals surface area contributed by atoms with Crippen molar-refractivity contribution in [1.82, 2.24) is 0 Å². The van der Waals surface area contributed by atoms with Crippen molar-refractivity contribution in [3.05, 3.63) is 0 Å². The van der Waals surface area contributed by atoms with E-state index in [4.69, 9.17) is 10.2 Å². The van der Waals surface area contributed by atoms with E-state index in [0.29, 0.717) is 5.92 Å². The van der Waals surface area contributed by atoms with Gasteiger partial charge in [0.1, 0.15) is 0 Å². The Labute approximate surface area is 55.5 Å². The van der Waals surface area contributed by atoms with Crippen molar-refractivity contribution >= 4 is 0 Å². The molecule has 0 amide bonds. The highest BCUT2D eigenvalue weighted by atomic mass is 16.3. The summed E-state index contributed by atoms with van der Waals surface area (Å²) >= 11 is 0. The normalized spacial score (nSPS) is 37.7. The fourth-order valence-corrected chi connectivity index (χ4v) is 1.43. The van der Waals surface area contributed by atoms with E-state index in [1.165, 1.54) is 0 Å². The van der Waals surface area contributed by atoms with Gasteiger partial charge in [-0.2, -0.15) is 0 Å². The van der Waals surface area contributed by atoms with Crippen LogP contribution in [0.5, 0.6) is 0 Å². The number of hydrogen-bond donors (Lipinski definition) is 2. The van der Waals surface area contributed by atoms with Gasteiger partial charge in [0, 0.05) is 0 Å². The molecule has 0 aromatic heterocycles. The molecule has 1 rings (SSSR count). The third-order valence-corrected chi connectivity index (χ3v) is 2.17. The molecule has 2 nitrogen and oxygen atoms in total. The summed E-state index contributed by atoms with van der Waals surface area (Å²) in [6.45, 7) is 2.09. The van der Waals surface area contributed by atoms with Crippen molar-refractivity contribution in [2.45, 2.75) is 38.4 Å². The van der Waals surface area contributed by atoms with Gasteiger partial charge in [-0.1, -0.05) is 13.3 Å². The molecule has 1 aliphatic carbocycles. The predicted molar refractivity (Wildman–Crippen MR) is 35.0 cm³/mol. The Morgan fingerprint density at radius 1 is 1.22 bits per heavy atom. The van der Waals surface area contributed by atoms with E-state index >= 15 is 0 Å². The molecule has 1 fully saturated rings. The summed E-state index contributed by atoms with van der Waals surface area (Å²) < 4.78 is 0. The fourth-order valence-electron chi connectivity index (χ4n) is 1.43. The van der Waals surface area contributed by atoms with Gasteiger partial charge >= 0.3 is 0 Å². The van der Waals surface area contributed by atoms with Gasteiger partial charge in [0.2, 0.25) is 0 Å². The van der Waals surface area contributed by atoms with Gasteiger partial charge in [-0.15, -0.1) is 0 Å². The van der Waals surface area contributed by atoms with Crippen molar-refractivity contribution in [2.75, 3.05) is 0 Å². The first-order chi connectivity index (χ1) is 4.24. The van der Waals surface area contributed by atoms with Crippen molar-refractivity contribution in [3.63, 3.8) is 0 Å². The highest BCUT2D eigenvalue weighted by molar-refractivity contribution is 4.81. The number of aliphatic hydroxyl groups is 2. The minimum absolute atomic E-state index is 0.449. The van der Waals surface area contributed by atoms with E-state index in [1.807, 2.05) is 0 Å². The van der Waals surface area contributed by atoms with Gasteiger partial charge in [0.15, 0.2) is 0 Å². The molecule has 0 bridgehead atoms. The molecular formula is C7H14O2. The van der Waals surface area contributed by atoms with Crippen molar-refractivity contribution in [1.29, 1.82) is 0 Å². The van der Waals surface area contributed by atoms with Crippen LogP contribution in [0.15, 0.2) is 0 Å². The van der Waals surface area contributed by atoms with Crippen LogP contribution in [0.1, 0.15) is 26.2 Å². The lowest BCUT2D eigenvalue weighted by Crippen LogP contribution is -2.17. The van der Waals surface area contributed by atoms with E-state index in [0.717, 1.165) is 19.3 Å². The topological polar surface area (TPSA) is 40.5 Å². The molecule has 0 aliphatic heterocycles. The first kappa shape index (κ1) is 7.03. The fraction of sp³-hybridized carbons (Fsp3) is 1.00. The van der Waals surface area contributed by atoms with Crippen LogP contribution in [0.4, 0.5) is 0 Å². The van der Waals surface area contributed by atoms with Gasteiger partial charge in [-0.25, -0.2) is 0 Å². The monoisotopic (exact) mass is 130 g/mol. The molecule has 0 aromatic rings. The van der Waals surface area contributed by atoms with Crippen LogP contribution in [0.2, 0.25) is 0 Å². The Morgan fingerprint density at radius 3 is 1.89 bits per heavy atom. The third-order valence-electron chi connectivity index (χ3n) is 2.17. The summed E-state index contributed by atoms with van der Waals surface area (Å²) in [4.78, 5) is 0. The summed E-state index contributed by atoms with van der Waals surface area (Å²) in [6.07, 6.45) is 1.76. The van der Waals surface area contributed by atoms with Gasteiger partial charge in [0.05, 0.1) is 12.2 Å². The summed E-state index contributed by atoms with van der Waals surface area (Å²) in [6, 6.07) is 0. The first-order valence-electron chi connectivity index (χ1n) is 3.60. The molecule has 1 aliphatic rings. The molecule has 0 aromatic carbocycles. The first-order valence-corrected chi connectivity index (χ1v) is 3.60. The van der Waals surface area contributed by atoms with Crippen LogP contribution in [0.25, 0.3) is 0 Å². The van der Waals surface area contributed by atoms with E-state index in [-0.39, 0.29) is 0 Å². The maximum atomic E-state index is 9.05. The van der Waals surface area contributed by atoms with Crippen LogP contribution in [-0.2, 0) is 0 Å². The zero-order valence-corrected chi connectivity index (χ0v) is 5.75. The Balaban J connectivity index is 2.35. The highest BCUT2D eigenvalue weighted by Gasteiger charge is 2.29. The second-order valence-electron chi connectivity index (χ2n) is 2.88. The van der Waals surface area contributed by atoms with E-state index in [1.54, 1.807) is 0 Å². The average Bonchev–Trinajstić information content (AvgIpc) is 2.13. The smallest absolute Gasteiger partial charge is 0.0801 e. The summed E-state index contributed by atoms with van der Waals surface area (Å²) in [5.74, 6) is 0.551. The number of aliphatic hydroxyl groups excluding tert-OH is 2. The van der Waals surface area contributed by atoms with Gasteiger partial charge in [-0.3, -0.25) is 0 Å². The molecular weight excluding hydrogens is 116 g/mol. The largest absolute Gasteiger partial charge is 0.390 e. The molecule has 0 radical (unpaired) electrons. The maximum absolute atomic E-state index is 9.05. The minimum Gasteiger partial charge on any atom is -0.390 e. The van der Waals surface area contributed by atoms with Crippen molar-refractivity contribution < 1.29 is 10.2 Å². The summed E-state index contributed by atoms with van der Waals surface area (Å²) in [5, 5.41) is 18.1. The molecule has 2 atom stereocenters. The molecule has 0 saturated heterocycles. The molecule has 1 saturated carbocycles. The lowest BCUT2D eigenvalue weighted by Gasteiger charge is -2.03. The van der Waals surface area contributed by atoms with E-state index in [9.17, 15) is 0 Å². The van der Waals surface area contributed by atoms with Gasteiger partial charge in [-0.05, 0) is 18.8 Å². The molecule has 9 heavy (non-hydrogen) atoms. The van der Waals surface area contributed by atoms with Crippen LogP contribution in [0.3, 0.4) is 0 Å². The van der Waals surface area contributed by atoms with E-state index < -0.39 is 12.2 Å². The van der Waals surface area contributed by atoms with Crippen LogP contribution in [-0.4, -0.2) is 22.4 Å². The Bertz CT molecular complexity index is 82.9. The molecule has 2 N–H and O–H groups in total. The molecule has 0 unspecified atom stereocenters. The van der Waals surface area contributed by atoms with Crippen LogP contribution < -0.4 is 0 Å². The van der Waals surface area contributed by atoms with Crippen LogP contribution in [0, 0.1) is 5.92 Å². The molecule has 0 spiro atoms. The molecule has 54 valence electrons. The predicted octanol–water partition coefficient (Wildman–Crippen LogP) is 0.528. The Kier molecular flexibility index (Phi) is 2.09.